The summed E-state index contributed by atoms with van der Waals surface area (Å²) in [5, 5.41) is 5.02. The van der Waals surface area contributed by atoms with Gasteiger partial charge in [0.25, 0.3) is 0 Å². The fourth-order valence-electron chi connectivity index (χ4n) is 11.8. The van der Waals surface area contributed by atoms with Gasteiger partial charge in [0.1, 0.15) is 0 Å². The maximum absolute atomic E-state index is 4.55. The number of hydrogen-bond donors (Lipinski definition) is 0. The van der Waals surface area contributed by atoms with E-state index in [1.165, 1.54) is 122 Å². The molecule has 0 heterocycles. The maximum atomic E-state index is 4.55. The summed E-state index contributed by atoms with van der Waals surface area (Å²) in [4.78, 5) is 0. The lowest BCUT2D eigenvalue weighted by molar-refractivity contribution is 0.626. The van der Waals surface area contributed by atoms with Crippen LogP contribution < -0.4 is 0 Å². The molecule has 0 bridgehead atoms. The van der Waals surface area contributed by atoms with E-state index in [0.29, 0.717) is 0 Å². The quantitative estimate of drug-likeness (QED) is 0.110. The summed E-state index contributed by atoms with van der Waals surface area (Å²) < 4.78 is 0. The average Bonchev–Trinajstić information content (AvgIpc) is 3.50. The largest absolute Gasteiger partial charge is 0.197 e. The Morgan fingerprint density at radius 3 is 1.82 bits per heavy atom. The molecule has 0 nitrogen and oxygen atoms in total. The van der Waals surface area contributed by atoms with Gasteiger partial charge in [-0.1, -0.05) is 206 Å². The zero-order chi connectivity index (χ0) is 45.7. The molecule has 8 aromatic carbocycles. The average molecular weight is 885 g/mol. The maximum Gasteiger partial charge on any atom is 0.0159 e. The summed E-state index contributed by atoms with van der Waals surface area (Å²) in [5.41, 5.74) is 24.4. The molecule has 0 fully saturated rings. The minimum Gasteiger partial charge on any atom is -0.197 e. The number of hydrogen-bond acceptors (Lipinski definition) is 0. The normalized spacial score (nSPS) is 15.3. The second-order valence-corrected chi connectivity index (χ2v) is 20.5. The molecule has 1 heteroatoms. The number of benzene rings is 8. The molecule has 0 aliphatic heterocycles. The van der Waals surface area contributed by atoms with Crippen molar-refractivity contribution in [2.24, 2.45) is 0 Å². The van der Waals surface area contributed by atoms with Crippen LogP contribution in [0, 0.1) is 6.92 Å². The molecule has 67 heavy (non-hydrogen) atoms. The van der Waals surface area contributed by atoms with Gasteiger partial charge in [0, 0.05) is 16.2 Å². The molecular formula is C66H60S. The van der Waals surface area contributed by atoms with Gasteiger partial charge < -0.3 is 0 Å². The number of allylic oxidation sites excluding steroid dienone is 9. The summed E-state index contributed by atoms with van der Waals surface area (Å²) in [6.45, 7) is 23.0. The lowest BCUT2D eigenvalue weighted by Gasteiger charge is -2.29. The highest BCUT2D eigenvalue weighted by Crippen LogP contribution is 2.52. The predicted molar refractivity (Wildman–Crippen MR) is 296 cm³/mol. The van der Waals surface area contributed by atoms with Crippen molar-refractivity contribution in [3.63, 3.8) is 0 Å². The minimum absolute atomic E-state index is 0. The molecule has 0 atom stereocenters. The summed E-state index contributed by atoms with van der Waals surface area (Å²) in [5.74, 6) is 0. The standard InChI is InChI=1S/C66H58.H2S/c1-10-18-42(3)64(4,5)59-40-48(26-25-41(59)2)63-54-22-15-14-21-53(54)62(44-29-27-43(28-30-44)46-31-34-51-49-19-12-11-13-23-57(49)65(6,7)60(51)38-46)55-36-33-45(37-56(55)63)47-32-35-52-50-20-16-17-24-58(50)66(8,9)61(52)39-47;/h10-22,24-40H,3,23H2,1-2,4-9H3;1H2/b18-10-;. The Bertz CT molecular complexity index is 3480. The molecule has 0 saturated heterocycles. The smallest absolute Gasteiger partial charge is 0.0159 e. The number of rotatable bonds is 7. The van der Waals surface area contributed by atoms with Crippen molar-refractivity contribution in [3.05, 3.63) is 233 Å². The van der Waals surface area contributed by atoms with E-state index in [9.17, 15) is 0 Å². The van der Waals surface area contributed by atoms with Crippen molar-refractivity contribution < 1.29 is 0 Å². The molecule has 0 N–H and O–H groups in total. The third-order valence-corrected chi connectivity index (χ3v) is 15.7. The van der Waals surface area contributed by atoms with Gasteiger partial charge in [-0.3, -0.25) is 0 Å². The van der Waals surface area contributed by atoms with Gasteiger partial charge in [0.2, 0.25) is 0 Å². The van der Waals surface area contributed by atoms with Crippen LogP contribution in [-0.2, 0) is 16.2 Å². The molecule has 3 aliphatic rings. The van der Waals surface area contributed by atoms with Crippen LogP contribution in [0.15, 0.2) is 200 Å². The Hall–Kier alpha value is -6.67. The van der Waals surface area contributed by atoms with Crippen LogP contribution in [0.25, 0.3) is 82.8 Å². The molecule has 0 spiro atoms. The highest BCUT2D eigenvalue weighted by molar-refractivity contribution is 7.59. The van der Waals surface area contributed by atoms with Crippen LogP contribution in [-0.4, -0.2) is 0 Å². The molecule has 0 unspecified atom stereocenters. The van der Waals surface area contributed by atoms with Crippen LogP contribution in [0.4, 0.5) is 0 Å². The van der Waals surface area contributed by atoms with Crippen LogP contribution in [0.1, 0.15) is 88.3 Å². The Balaban J connectivity index is 0.00000525. The van der Waals surface area contributed by atoms with E-state index in [1.54, 1.807) is 0 Å². The van der Waals surface area contributed by atoms with Crippen molar-refractivity contribution in [2.45, 2.75) is 78.1 Å². The molecular weight excluding hydrogens is 825 g/mol. The molecule has 330 valence electrons. The van der Waals surface area contributed by atoms with E-state index in [1.807, 2.05) is 0 Å². The second kappa shape index (κ2) is 16.3. The monoisotopic (exact) mass is 884 g/mol. The first kappa shape index (κ1) is 44.2. The molecule has 3 aliphatic carbocycles. The first-order valence-corrected chi connectivity index (χ1v) is 23.8. The fraction of sp³-hybridized carbons (Fsp3) is 0.182. The first-order valence-electron chi connectivity index (χ1n) is 23.8. The SMILES string of the molecule is C=C(/C=C\C)C(C)(C)c1cc(-c2c3ccccc3c(-c3ccc(-c4ccc5c(c4)C(C)(C)C4=C5C=CC=CC4)cc3)c3ccc(-c4ccc5c(c4)C(C)(C)c4ccccc4-5)cc23)ccc1C.S. The van der Waals surface area contributed by atoms with Crippen LogP contribution >= 0.6 is 13.5 Å². The van der Waals surface area contributed by atoms with E-state index in [2.05, 4.69) is 244 Å². The minimum atomic E-state index is -0.252. The second-order valence-electron chi connectivity index (χ2n) is 20.5. The van der Waals surface area contributed by atoms with Crippen LogP contribution in [0.5, 0.6) is 0 Å². The van der Waals surface area contributed by atoms with Gasteiger partial charge in [-0.05, 0) is 172 Å². The lowest BCUT2D eigenvalue weighted by Crippen LogP contribution is -2.20. The number of aryl methyl sites for hydroxylation is 1. The van der Waals surface area contributed by atoms with Gasteiger partial charge in [-0.25, -0.2) is 0 Å². The lowest BCUT2D eigenvalue weighted by atomic mass is 9.75. The predicted octanol–water partition coefficient (Wildman–Crippen LogP) is 18.4. The molecule has 8 aromatic rings. The summed E-state index contributed by atoms with van der Waals surface area (Å²) in [7, 11) is 0. The van der Waals surface area contributed by atoms with E-state index < -0.39 is 0 Å². The van der Waals surface area contributed by atoms with E-state index in [4.69, 9.17) is 0 Å². The Morgan fingerprint density at radius 2 is 1.09 bits per heavy atom. The third kappa shape index (κ3) is 6.88. The van der Waals surface area contributed by atoms with Crippen LogP contribution in [0.2, 0.25) is 0 Å². The fourth-order valence-corrected chi connectivity index (χ4v) is 11.8. The summed E-state index contributed by atoms with van der Waals surface area (Å²) >= 11 is 0. The Labute approximate surface area is 405 Å². The Morgan fingerprint density at radius 1 is 0.537 bits per heavy atom. The zero-order valence-corrected chi connectivity index (χ0v) is 41.2. The topological polar surface area (TPSA) is 0 Å². The van der Waals surface area contributed by atoms with E-state index in [0.717, 1.165) is 12.0 Å². The van der Waals surface area contributed by atoms with Gasteiger partial charge in [-0.2, -0.15) is 13.5 Å². The summed E-state index contributed by atoms with van der Waals surface area (Å²) in [6, 6.07) is 55.9. The summed E-state index contributed by atoms with van der Waals surface area (Å²) in [6.07, 6.45) is 14.2. The molecule has 0 radical (unpaired) electrons. The molecule has 0 amide bonds. The van der Waals surface area contributed by atoms with E-state index in [-0.39, 0.29) is 29.7 Å². The van der Waals surface area contributed by atoms with Gasteiger partial charge in [-0.15, -0.1) is 0 Å². The van der Waals surface area contributed by atoms with Crippen molar-refractivity contribution in [3.8, 4) is 55.6 Å². The van der Waals surface area contributed by atoms with Gasteiger partial charge >= 0.3 is 0 Å². The number of fused-ring (bicyclic) bond motifs is 7. The molecule has 0 saturated carbocycles. The van der Waals surface area contributed by atoms with Gasteiger partial charge in [0.05, 0.1) is 0 Å². The third-order valence-electron chi connectivity index (χ3n) is 15.7. The molecule has 0 aromatic heterocycles. The van der Waals surface area contributed by atoms with Crippen molar-refractivity contribution in [1.82, 2.24) is 0 Å². The highest BCUT2D eigenvalue weighted by atomic mass is 32.1. The van der Waals surface area contributed by atoms with Gasteiger partial charge in [0.15, 0.2) is 0 Å². The van der Waals surface area contributed by atoms with Crippen molar-refractivity contribution in [1.29, 1.82) is 0 Å². The zero-order valence-electron chi connectivity index (χ0n) is 40.2. The van der Waals surface area contributed by atoms with Crippen molar-refractivity contribution in [2.75, 3.05) is 0 Å². The molecule has 11 rings (SSSR count). The highest BCUT2D eigenvalue weighted by Gasteiger charge is 2.37. The Kier molecular flexibility index (Phi) is 10.7. The van der Waals surface area contributed by atoms with E-state index >= 15 is 0 Å². The first-order chi connectivity index (χ1) is 31.8. The van der Waals surface area contributed by atoms with Crippen molar-refractivity contribution >= 4 is 40.6 Å². The van der Waals surface area contributed by atoms with Crippen LogP contribution in [0.3, 0.4) is 0 Å².